The van der Waals surface area contributed by atoms with E-state index in [0.29, 0.717) is 5.56 Å². The fraction of sp³-hybridized carbons (Fsp3) is 0.263. The van der Waals surface area contributed by atoms with Crippen LogP contribution in [0.25, 0.3) is 5.69 Å². The summed E-state index contributed by atoms with van der Waals surface area (Å²) < 4.78 is 45.8. The average Bonchev–Trinajstić information content (AvgIpc) is 3.03. The van der Waals surface area contributed by atoms with Gasteiger partial charge in [-0.1, -0.05) is 29.3 Å². The molecule has 0 aliphatic heterocycles. The van der Waals surface area contributed by atoms with E-state index >= 15 is 0 Å². The van der Waals surface area contributed by atoms with Crippen molar-refractivity contribution in [3.63, 3.8) is 0 Å². The Morgan fingerprint density at radius 1 is 1.09 bits per heavy atom. The highest BCUT2D eigenvalue weighted by Gasteiger charge is 2.33. The lowest BCUT2D eigenvalue weighted by Gasteiger charge is -2.22. The van der Waals surface area contributed by atoms with Gasteiger partial charge in [-0.15, -0.1) is 0 Å². The maximum Gasteiger partial charge on any atom is 0.417 e. The normalized spacial score (nSPS) is 12.1. The zero-order valence-electron chi connectivity index (χ0n) is 16.5. The Morgan fingerprint density at radius 2 is 1.78 bits per heavy atom. The van der Waals surface area contributed by atoms with Gasteiger partial charge < -0.3 is 9.84 Å². The van der Waals surface area contributed by atoms with Gasteiger partial charge in [0.1, 0.15) is 5.75 Å². The minimum atomic E-state index is -4.63. The molecule has 32 heavy (non-hydrogen) atoms. The third kappa shape index (κ3) is 4.89. The Hall–Kier alpha value is -3.05. The SMILES string of the molecule is CC(C)(Oc1ccc(Cn2nnn(-c3ccc(C(F)(F)F)c(Cl)c3)c2=O)cc1Cl)C(=O)O. The number of hydrogen-bond donors (Lipinski definition) is 1. The van der Waals surface area contributed by atoms with E-state index in [2.05, 4.69) is 10.4 Å². The van der Waals surface area contributed by atoms with Gasteiger partial charge in [0.2, 0.25) is 0 Å². The molecule has 3 aromatic rings. The summed E-state index contributed by atoms with van der Waals surface area (Å²) in [5.41, 5.74) is -2.73. The summed E-state index contributed by atoms with van der Waals surface area (Å²) in [7, 11) is 0. The second-order valence-corrected chi connectivity index (χ2v) is 7.99. The van der Waals surface area contributed by atoms with Crippen LogP contribution in [0.4, 0.5) is 13.2 Å². The first-order valence-electron chi connectivity index (χ1n) is 8.90. The first-order chi connectivity index (χ1) is 14.8. The van der Waals surface area contributed by atoms with E-state index in [4.69, 9.17) is 33.0 Å². The minimum Gasteiger partial charge on any atom is -0.478 e. The summed E-state index contributed by atoms with van der Waals surface area (Å²) in [5, 5.41) is 16.1. The average molecular weight is 491 g/mol. The van der Waals surface area contributed by atoms with Crippen molar-refractivity contribution in [2.45, 2.75) is 32.2 Å². The molecule has 0 aliphatic carbocycles. The van der Waals surface area contributed by atoms with Gasteiger partial charge >= 0.3 is 17.8 Å². The van der Waals surface area contributed by atoms with Gasteiger partial charge in [-0.3, -0.25) is 0 Å². The summed E-state index contributed by atoms with van der Waals surface area (Å²) >= 11 is 11.9. The Kier molecular flexibility index (Phi) is 6.25. The van der Waals surface area contributed by atoms with Crippen LogP contribution in [-0.4, -0.2) is 36.5 Å². The molecule has 8 nitrogen and oxygen atoms in total. The number of ether oxygens (including phenoxy) is 1. The second-order valence-electron chi connectivity index (χ2n) is 7.18. The number of carbonyl (C=O) groups is 1. The number of benzene rings is 2. The third-order valence-corrected chi connectivity index (χ3v) is 4.96. The summed E-state index contributed by atoms with van der Waals surface area (Å²) in [6.45, 7) is 2.67. The number of aliphatic carboxylic acids is 1. The molecule has 1 heterocycles. The van der Waals surface area contributed by atoms with Gasteiger partial charge in [0.15, 0.2) is 5.60 Å². The first-order valence-corrected chi connectivity index (χ1v) is 9.66. The van der Waals surface area contributed by atoms with E-state index in [1.807, 2.05) is 0 Å². The lowest BCUT2D eigenvalue weighted by atomic mass is 10.1. The predicted octanol–water partition coefficient (Wildman–Crippen LogP) is 4.04. The van der Waals surface area contributed by atoms with Crippen molar-refractivity contribution in [1.29, 1.82) is 0 Å². The molecule has 2 aromatic carbocycles. The van der Waals surface area contributed by atoms with Crippen molar-refractivity contribution in [3.8, 4) is 11.4 Å². The Labute approximate surface area is 188 Å². The Bertz CT molecular complexity index is 1240. The zero-order valence-corrected chi connectivity index (χ0v) is 18.0. The van der Waals surface area contributed by atoms with Gasteiger partial charge in [0, 0.05) is 0 Å². The molecule has 0 saturated carbocycles. The molecule has 1 N–H and O–H groups in total. The number of carboxylic acids is 1. The number of tetrazole rings is 1. The van der Waals surface area contributed by atoms with Crippen LogP contribution < -0.4 is 10.4 Å². The summed E-state index contributed by atoms with van der Waals surface area (Å²) in [4.78, 5) is 23.8. The fourth-order valence-electron chi connectivity index (χ4n) is 2.62. The number of hydrogen-bond acceptors (Lipinski definition) is 5. The molecule has 170 valence electrons. The molecular weight excluding hydrogens is 476 g/mol. The molecule has 0 amide bonds. The van der Waals surface area contributed by atoms with Crippen LogP contribution in [0.5, 0.6) is 5.75 Å². The molecular formula is C19H15Cl2F3N4O4. The van der Waals surface area contributed by atoms with Gasteiger partial charge in [-0.05, 0) is 60.2 Å². The van der Waals surface area contributed by atoms with E-state index < -0.39 is 34.0 Å². The van der Waals surface area contributed by atoms with Crippen LogP contribution in [0.15, 0.2) is 41.2 Å². The second kappa shape index (κ2) is 8.47. The number of alkyl halides is 3. The molecule has 0 saturated heterocycles. The largest absolute Gasteiger partial charge is 0.478 e. The summed E-state index contributed by atoms with van der Waals surface area (Å²) in [5.74, 6) is -1.04. The lowest BCUT2D eigenvalue weighted by molar-refractivity contribution is -0.152. The molecule has 0 aliphatic rings. The summed E-state index contributed by atoms with van der Waals surface area (Å²) in [6, 6.07) is 7.25. The molecule has 0 unspecified atom stereocenters. The van der Waals surface area contributed by atoms with Crippen LogP contribution in [0.2, 0.25) is 10.0 Å². The number of rotatable bonds is 6. The molecule has 0 fully saturated rings. The van der Waals surface area contributed by atoms with Crippen molar-refractivity contribution in [2.75, 3.05) is 0 Å². The van der Waals surface area contributed by atoms with E-state index in [1.54, 1.807) is 6.07 Å². The smallest absolute Gasteiger partial charge is 0.417 e. The highest BCUT2D eigenvalue weighted by molar-refractivity contribution is 6.32. The molecule has 3 rings (SSSR count). The molecule has 0 radical (unpaired) electrons. The van der Waals surface area contributed by atoms with Gasteiger partial charge in [0.05, 0.1) is 27.8 Å². The van der Waals surface area contributed by atoms with Crippen molar-refractivity contribution in [2.24, 2.45) is 0 Å². The van der Waals surface area contributed by atoms with E-state index in [1.165, 1.54) is 26.0 Å². The molecule has 0 spiro atoms. The number of carboxylic acid groups (broad SMARTS) is 1. The van der Waals surface area contributed by atoms with Crippen molar-refractivity contribution < 1.29 is 27.8 Å². The standard InChI is InChI=1S/C19H15Cl2F3N4O4/c1-18(2,16(29)30)32-15-6-3-10(7-14(15)21)9-27-17(31)28(26-25-27)11-4-5-12(13(20)8-11)19(22,23)24/h3-8H,9H2,1-2H3,(H,29,30). The van der Waals surface area contributed by atoms with E-state index in [-0.39, 0.29) is 23.0 Å². The van der Waals surface area contributed by atoms with Gasteiger partial charge in [0.25, 0.3) is 0 Å². The topological polar surface area (TPSA) is 99.2 Å². The van der Waals surface area contributed by atoms with Crippen LogP contribution in [0.1, 0.15) is 25.0 Å². The zero-order chi connectivity index (χ0) is 23.8. The summed E-state index contributed by atoms with van der Waals surface area (Å²) in [6.07, 6.45) is -4.63. The maximum atomic E-state index is 12.9. The molecule has 0 atom stereocenters. The first kappa shape index (κ1) is 23.6. The Morgan fingerprint density at radius 3 is 2.34 bits per heavy atom. The lowest BCUT2D eigenvalue weighted by Crippen LogP contribution is -2.37. The highest BCUT2D eigenvalue weighted by Crippen LogP contribution is 2.35. The predicted molar refractivity (Wildman–Crippen MR) is 109 cm³/mol. The van der Waals surface area contributed by atoms with Crippen LogP contribution >= 0.6 is 23.2 Å². The number of nitrogens with zero attached hydrogens (tertiary/aromatic N) is 4. The number of halogens is 5. The van der Waals surface area contributed by atoms with Crippen LogP contribution in [0, 0.1) is 0 Å². The minimum absolute atomic E-state index is 0.0110. The number of aromatic nitrogens is 4. The monoisotopic (exact) mass is 490 g/mol. The highest BCUT2D eigenvalue weighted by atomic mass is 35.5. The quantitative estimate of drug-likeness (QED) is 0.559. The van der Waals surface area contributed by atoms with Crippen molar-refractivity contribution in [1.82, 2.24) is 19.8 Å². The Balaban J connectivity index is 1.84. The molecule has 1 aromatic heterocycles. The molecule has 13 heteroatoms. The maximum absolute atomic E-state index is 12.9. The van der Waals surface area contributed by atoms with E-state index in [9.17, 15) is 22.8 Å². The van der Waals surface area contributed by atoms with E-state index in [0.717, 1.165) is 27.6 Å². The fourth-order valence-corrected chi connectivity index (χ4v) is 3.14. The van der Waals surface area contributed by atoms with Crippen molar-refractivity contribution >= 4 is 29.2 Å². The van der Waals surface area contributed by atoms with Gasteiger partial charge in [-0.25, -0.2) is 9.59 Å². The van der Waals surface area contributed by atoms with Gasteiger partial charge in [-0.2, -0.15) is 22.5 Å². The van der Waals surface area contributed by atoms with Crippen LogP contribution in [-0.2, 0) is 17.5 Å². The van der Waals surface area contributed by atoms with Crippen molar-refractivity contribution in [3.05, 3.63) is 68.1 Å². The van der Waals surface area contributed by atoms with Crippen LogP contribution in [0.3, 0.4) is 0 Å². The third-order valence-electron chi connectivity index (χ3n) is 4.35. The molecule has 0 bridgehead atoms.